The van der Waals surface area contributed by atoms with Crippen LogP contribution in [-0.2, 0) is 0 Å². The van der Waals surface area contributed by atoms with Crippen LogP contribution in [0.1, 0.15) is 0 Å². The van der Waals surface area contributed by atoms with Crippen molar-refractivity contribution in [2.75, 3.05) is 0 Å². The summed E-state index contributed by atoms with van der Waals surface area (Å²) < 4.78 is 6.06. The Morgan fingerprint density at radius 1 is 0.652 bits per heavy atom. The van der Waals surface area contributed by atoms with Crippen molar-refractivity contribution in [2.24, 2.45) is 0 Å². The monoisotopic (exact) mass is 295 g/mol. The lowest BCUT2D eigenvalue weighted by Crippen LogP contribution is -1.85. The van der Waals surface area contributed by atoms with Crippen LogP contribution in [0.15, 0.2) is 83.3 Å². The molecule has 0 saturated carbocycles. The van der Waals surface area contributed by atoms with Gasteiger partial charge in [0, 0.05) is 0 Å². The highest BCUT2D eigenvalue weighted by Gasteiger charge is 2.15. The highest BCUT2D eigenvalue weighted by Crippen LogP contribution is 2.36. The van der Waals surface area contributed by atoms with Crippen molar-refractivity contribution < 1.29 is 4.42 Å². The van der Waals surface area contributed by atoms with E-state index < -0.39 is 0 Å². The Morgan fingerprint density at radius 3 is 1.96 bits per heavy atom. The molecule has 5 aromatic rings. The zero-order valence-corrected chi connectivity index (χ0v) is 12.4. The summed E-state index contributed by atoms with van der Waals surface area (Å²) in [7, 11) is 0. The summed E-state index contributed by atoms with van der Waals surface area (Å²) in [6, 6.07) is 26.9. The molecule has 0 aliphatic rings. The molecule has 0 unspecified atom stereocenters. The molecule has 2 heteroatoms. The van der Waals surface area contributed by atoms with Gasteiger partial charge in [-0.25, -0.2) is 4.98 Å². The molecular weight excluding hydrogens is 282 g/mol. The second-order valence-corrected chi connectivity index (χ2v) is 5.68. The van der Waals surface area contributed by atoms with Crippen LogP contribution in [0.3, 0.4) is 0 Å². The van der Waals surface area contributed by atoms with E-state index in [4.69, 9.17) is 9.40 Å². The van der Waals surface area contributed by atoms with Gasteiger partial charge in [-0.15, -0.1) is 0 Å². The van der Waals surface area contributed by atoms with Gasteiger partial charge < -0.3 is 4.42 Å². The number of hydrogen-bond donors (Lipinski definition) is 0. The van der Waals surface area contributed by atoms with Gasteiger partial charge in [-0.05, 0) is 39.7 Å². The fourth-order valence-electron chi connectivity index (χ4n) is 3.22. The van der Waals surface area contributed by atoms with Gasteiger partial charge in [-0.1, -0.05) is 60.7 Å². The normalized spacial score (nSPS) is 11.5. The molecule has 0 atom stereocenters. The van der Waals surface area contributed by atoms with Gasteiger partial charge in [0.05, 0.1) is 5.56 Å². The van der Waals surface area contributed by atoms with Crippen molar-refractivity contribution in [1.29, 1.82) is 0 Å². The Labute approximate surface area is 133 Å². The first kappa shape index (κ1) is 12.4. The van der Waals surface area contributed by atoms with Crippen molar-refractivity contribution in [3.63, 3.8) is 0 Å². The molecule has 0 spiro atoms. The largest absolute Gasteiger partial charge is 0.436 e. The molecule has 0 aliphatic carbocycles. The molecule has 108 valence electrons. The zero-order valence-electron chi connectivity index (χ0n) is 12.4. The van der Waals surface area contributed by atoms with Crippen LogP contribution < -0.4 is 0 Å². The summed E-state index contributed by atoms with van der Waals surface area (Å²) in [6.45, 7) is 0. The molecule has 0 radical (unpaired) electrons. The van der Waals surface area contributed by atoms with E-state index in [1.807, 2.05) is 24.3 Å². The van der Waals surface area contributed by atoms with Crippen LogP contribution in [-0.4, -0.2) is 4.98 Å². The van der Waals surface area contributed by atoms with Crippen molar-refractivity contribution in [3.05, 3.63) is 78.9 Å². The third-order valence-electron chi connectivity index (χ3n) is 4.28. The summed E-state index contributed by atoms with van der Waals surface area (Å²) in [4.78, 5) is 4.72. The second-order valence-electron chi connectivity index (χ2n) is 5.68. The van der Waals surface area contributed by atoms with E-state index in [9.17, 15) is 0 Å². The van der Waals surface area contributed by atoms with Gasteiger partial charge in [0.25, 0.3) is 0 Å². The third kappa shape index (κ3) is 1.85. The molecule has 5 rings (SSSR count). The Bertz CT molecular complexity index is 1080. The molecule has 2 nitrogen and oxygen atoms in total. The van der Waals surface area contributed by atoms with E-state index in [0.29, 0.717) is 5.89 Å². The van der Waals surface area contributed by atoms with E-state index in [1.54, 1.807) is 0 Å². The SMILES string of the molecule is c1ccc2c(-c3nc4ccccc4o3)c3ccccc3cc2c1. The van der Waals surface area contributed by atoms with Gasteiger partial charge in [-0.2, -0.15) is 0 Å². The number of fused-ring (bicyclic) bond motifs is 3. The predicted molar refractivity (Wildman–Crippen MR) is 94.5 cm³/mol. The maximum Gasteiger partial charge on any atom is 0.228 e. The first-order valence-corrected chi connectivity index (χ1v) is 7.66. The highest BCUT2D eigenvalue weighted by atomic mass is 16.3. The van der Waals surface area contributed by atoms with Crippen LogP contribution in [0, 0.1) is 0 Å². The number of hydrogen-bond acceptors (Lipinski definition) is 2. The van der Waals surface area contributed by atoms with Gasteiger partial charge >= 0.3 is 0 Å². The lowest BCUT2D eigenvalue weighted by atomic mass is 9.97. The lowest BCUT2D eigenvalue weighted by molar-refractivity contribution is 0.621. The highest BCUT2D eigenvalue weighted by molar-refractivity contribution is 6.11. The van der Waals surface area contributed by atoms with Gasteiger partial charge in [0.15, 0.2) is 5.58 Å². The fraction of sp³-hybridized carbons (Fsp3) is 0. The van der Waals surface area contributed by atoms with Crippen LogP contribution >= 0.6 is 0 Å². The van der Waals surface area contributed by atoms with Crippen molar-refractivity contribution in [2.45, 2.75) is 0 Å². The smallest absolute Gasteiger partial charge is 0.228 e. The summed E-state index contributed by atoms with van der Waals surface area (Å²) >= 11 is 0. The van der Waals surface area contributed by atoms with E-state index in [-0.39, 0.29) is 0 Å². The van der Waals surface area contributed by atoms with Crippen LogP contribution in [0.2, 0.25) is 0 Å². The number of aromatic nitrogens is 1. The maximum atomic E-state index is 6.06. The lowest BCUT2D eigenvalue weighted by Gasteiger charge is -2.08. The Balaban J connectivity index is 1.97. The topological polar surface area (TPSA) is 26.0 Å². The molecule has 1 heterocycles. The standard InChI is InChI=1S/C21H13NO/c1-3-9-16-14(7-1)13-15-8-2-4-10-17(15)20(16)21-22-18-11-5-6-12-19(18)23-21/h1-13H. The number of oxazole rings is 1. The average Bonchev–Trinajstić information content (AvgIpc) is 3.03. The third-order valence-corrected chi connectivity index (χ3v) is 4.28. The summed E-state index contributed by atoms with van der Waals surface area (Å²) in [5.41, 5.74) is 2.77. The van der Waals surface area contributed by atoms with Crippen molar-refractivity contribution in [1.82, 2.24) is 4.98 Å². The average molecular weight is 295 g/mol. The summed E-state index contributed by atoms with van der Waals surface area (Å²) in [6.07, 6.45) is 0. The first-order valence-electron chi connectivity index (χ1n) is 7.66. The molecule has 23 heavy (non-hydrogen) atoms. The summed E-state index contributed by atoms with van der Waals surface area (Å²) in [5.74, 6) is 0.680. The minimum atomic E-state index is 0.680. The van der Waals surface area contributed by atoms with E-state index >= 15 is 0 Å². The molecule has 4 aromatic carbocycles. The quantitative estimate of drug-likeness (QED) is 0.365. The molecule has 0 fully saturated rings. The fourth-order valence-corrected chi connectivity index (χ4v) is 3.22. The molecule has 0 saturated heterocycles. The molecule has 0 N–H and O–H groups in total. The van der Waals surface area contributed by atoms with Gasteiger partial charge in [-0.3, -0.25) is 0 Å². The number of nitrogens with zero attached hydrogens (tertiary/aromatic N) is 1. The maximum absolute atomic E-state index is 6.06. The summed E-state index contributed by atoms with van der Waals surface area (Å²) in [5, 5.41) is 4.72. The van der Waals surface area contributed by atoms with Crippen molar-refractivity contribution in [3.8, 4) is 11.5 Å². The molecule has 1 aromatic heterocycles. The van der Waals surface area contributed by atoms with Gasteiger partial charge in [0.1, 0.15) is 5.52 Å². The Hall–Kier alpha value is -3.13. The van der Waals surface area contributed by atoms with E-state index in [2.05, 4.69) is 54.6 Å². The van der Waals surface area contributed by atoms with E-state index in [1.165, 1.54) is 10.8 Å². The zero-order chi connectivity index (χ0) is 15.2. The minimum absolute atomic E-state index is 0.680. The predicted octanol–water partition coefficient (Wildman–Crippen LogP) is 5.80. The molecular formula is C21H13NO. The number of para-hydroxylation sites is 2. The van der Waals surface area contributed by atoms with Crippen LogP contribution in [0.4, 0.5) is 0 Å². The minimum Gasteiger partial charge on any atom is -0.436 e. The molecule has 0 bridgehead atoms. The first-order chi connectivity index (χ1) is 11.4. The van der Waals surface area contributed by atoms with Gasteiger partial charge in [0.2, 0.25) is 5.89 Å². The second kappa shape index (κ2) is 4.68. The van der Waals surface area contributed by atoms with Crippen molar-refractivity contribution >= 4 is 32.6 Å². The number of rotatable bonds is 1. The number of benzene rings is 4. The Morgan fingerprint density at radius 2 is 1.26 bits per heavy atom. The molecule has 0 amide bonds. The molecule has 0 aliphatic heterocycles. The Kier molecular flexibility index (Phi) is 2.53. The van der Waals surface area contributed by atoms with Crippen LogP contribution in [0.25, 0.3) is 44.1 Å². The van der Waals surface area contributed by atoms with E-state index in [0.717, 1.165) is 27.4 Å². The van der Waals surface area contributed by atoms with Crippen LogP contribution in [0.5, 0.6) is 0 Å².